The number of hydrogen-bond donors (Lipinski definition) is 4. The third-order valence-corrected chi connectivity index (χ3v) is 6.84. The Kier molecular flexibility index (Phi) is 8.25. The van der Waals surface area contributed by atoms with Crippen molar-refractivity contribution in [1.29, 1.82) is 10.7 Å². The van der Waals surface area contributed by atoms with E-state index in [-0.39, 0.29) is 11.9 Å². The Labute approximate surface area is 234 Å². The van der Waals surface area contributed by atoms with E-state index in [1.54, 1.807) is 31.6 Å². The van der Waals surface area contributed by atoms with E-state index in [0.29, 0.717) is 17.2 Å². The number of fused-ring (bicyclic) bond motifs is 1. The Bertz CT molecular complexity index is 1650. The summed E-state index contributed by atoms with van der Waals surface area (Å²) < 4.78 is 0. The molecule has 0 aliphatic carbocycles. The Morgan fingerprint density at radius 1 is 1.12 bits per heavy atom. The summed E-state index contributed by atoms with van der Waals surface area (Å²) in [5, 5.41) is 26.9. The van der Waals surface area contributed by atoms with Gasteiger partial charge in [0.25, 0.3) is 5.91 Å². The predicted octanol–water partition coefficient (Wildman–Crippen LogP) is 6.02. The number of hydrogen-bond acceptors (Lipinski definition) is 7. The Balaban J connectivity index is 1.56. The summed E-state index contributed by atoms with van der Waals surface area (Å²) in [6.45, 7) is 7.70. The number of carbonyl (C=O) groups is 1. The van der Waals surface area contributed by atoms with E-state index in [2.05, 4.69) is 57.1 Å². The molecule has 1 unspecified atom stereocenters. The second-order valence-electron chi connectivity index (χ2n) is 10.2. The van der Waals surface area contributed by atoms with Crippen LogP contribution in [0.5, 0.6) is 0 Å². The number of nitriles is 1. The Morgan fingerprint density at radius 3 is 2.65 bits per heavy atom. The number of aromatic nitrogens is 2. The van der Waals surface area contributed by atoms with Gasteiger partial charge in [0, 0.05) is 36.6 Å². The summed E-state index contributed by atoms with van der Waals surface area (Å²) in [5.74, 6) is 0.225. The van der Waals surface area contributed by atoms with Crippen LogP contribution in [0.1, 0.15) is 53.9 Å². The van der Waals surface area contributed by atoms with Gasteiger partial charge in [0.1, 0.15) is 0 Å². The largest absolute Gasteiger partial charge is 0.392 e. The first-order valence-electron chi connectivity index (χ1n) is 13.0. The third-order valence-electron chi connectivity index (χ3n) is 6.84. The zero-order valence-corrected chi connectivity index (χ0v) is 23.3. The monoisotopic (exact) mass is 531 g/mol. The van der Waals surface area contributed by atoms with Crippen molar-refractivity contribution in [1.82, 2.24) is 20.6 Å². The molecule has 1 aromatic heterocycles. The molecule has 202 valence electrons. The molecule has 40 heavy (non-hydrogen) atoms. The molecule has 0 radical (unpaired) electrons. The number of rotatable bonds is 9. The van der Waals surface area contributed by atoms with Crippen molar-refractivity contribution in [3.63, 3.8) is 0 Å². The lowest BCUT2D eigenvalue weighted by Crippen LogP contribution is -2.27. The molecule has 1 amide bonds. The van der Waals surface area contributed by atoms with Gasteiger partial charge in [0.15, 0.2) is 0 Å². The van der Waals surface area contributed by atoms with Gasteiger partial charge in [-0.2, -0.15) is 5.26 Å². The number of allylic oxidation sites excluding steroid dienone is 1. The zero-order valence-electron chi connectivity index (χ0n) is 23.3. The molecule has 3 aromatic carbocycles. The van der Waals surface area contributed by atoms with Crippen LogP contribution in [0.2, 0.25) is 0 Å². The summed E-state index contributed by atoms with van der Waals surface area (Å²) >= 11 is 0. The zero-order chi connectivity index (χ0) is 28.9. The van der Waals surface area contributed by atoms with Gasteiger partial charge in [-0.25, -0.2) is 9.97 Å². The second kappa shape index (κ2) is 11.8. The maximum atomic E-state index is 13.1. The quantitative estimate of drug-likeness (QED) is 0.196. The van der Waals surface area contributed by atoms with Gasteiger partial charge in [-0.3, -0.25) is 4.79 Å². The molecule has 8 nitrogen and oxygen atoms in total. The molecule has 0 spiro atoms. The molecule has 1 atom stereocenters. The van der Waals surface area contributed by atoms with Crippen molar-refractivity contribution in [2.75, 3.05) is 12.4 Å². The van der Waals surface area contributed by atoms with Gasteiger partial charge in [0.05, 0.1) is 28.7 Å². The number of carbonyl (C=O) groups excluding carboxylic acids is 1. The molecule has 0 fully saturated rings. The van der Waals surface area contributed by atoms with Crippen LogP contribution in [0.3, 0.4) is 0 Å². The molecule has 0 saturated carbocycles. The van der Waals surface area contributed by atoms with Gasteiger partial charge < -0.3 is 21.4 Å². The van der Waals surface area contributed by atoms with Crippen molar-refractivity contribution in [2.24, 2.45) is 0 Å². The fourth-order valence-electron chi connectivity index (χ4n) is 4.36. The lowest BCUT2D eigenvalue weighted by atomic mass is 9.85. The van der Waals surface area contributed by atoms with Crippen LogP contribution in [0, 0.1) is 23.7 Å². The molecule has 8 heteroatoms. The molecule has 4 rings (SSSR count). The van der Waals surface area contributed by atoms with Gasteiger partial charge in [-0.05, 0) is 85.8 Å². The maximum Gasteiger partial charge on any atom is 0.251 e. The molecule has 1 heterocycles. The van der Waals surface area contributed by atoms with Gasteiger partial charge in [-0.15, -0.1) is 0 Å². The summed E-state index contributed by atoms with van der Waals surface area (Å²) in [6, 6.07) is 21.5. The van der Waals surface area contributed by atoms with Crippen LogP contribution >= 0.6 is 0 Å². The Hall–Kier alpha value is -5.03. The first-order valence-corrected chi connectivity index (χ1v) is 13.0. The summed E-state index contributed by atoms with van der Waals surface area (Å²) in [5.41, 5.74) is 6.16. The number of nitrogens with zero attached hydrogens (tertiary/aromatic N) is 3. The van der Waals surface area contributed by atoms with Crippen LogP contribution in [0.25, 0.3) is 22.0 Å². The minimum Gasteiger partial charge on any atom is -0.392 e. The van der Waals surface area contributed by atoms with Crippen LogP contribution in [-0.4, -0.2) is 29.1 Å². The van der Waals surface area contributed by atoms with E-state index in [1.165, 1.54) is 6.21 Å². The maximum absolute atomic E-state index is 13.1. The number of amides is 1. The predicted molar refractivity (Wildman–Crippen MR) is 160 cm³/mol. The molecule has 0 aliphatic rings. The van der Waals surface area contributed by atoms with Crippen molar-refractivity contribution in [3.8, 4) is 17.2 Å². The van der Waals surface area contributed by atoms with Crippen LogP contribution in [0.4, 0.5) is 5.95 Å². The summed E-state index contributed by atoms with van der Waals surface area (Å²) in [4.78, 5) is 22.1. The molecule has 4 N–H and O–H groups in total. The summed E-state index contributed by atoms with van der Waals surface area (Å²) in [7, 11) is 1.76. The average Bonchev–Trinajstić information content (AvgIpc) is 2.96. The summed E-state index contributed by atoms with van der Waals surface area (Å²) in [6.07, 6.45) is 4.62. The number of nitrogens with one attached hydrogen (secondary N) is 4. The van der Waals surface area contributed by atoms with Crippen molar-refractivity contribution < 1.29 is 4.79 Å². The number of benzene rings is 3. The lowest BCUT2D eigenvalue weighted by molar-refractivity contribution is 0.0939. The van der Waals surface area contributed by atoms with E-state index in [1.807, 2.05) is 51.1 Å². The molecule has 0 bridgehead atoms. The molecular weight excluding hydrogens is 498 g/mol. The minimum absolute atomic E-state index is 0.187. The molecule has 0 saturated heterocycles. The van der Waals surface area contributed by atoms with E-state index in [9.17, 15) is 10.1 Å². The van der Waals surface area contributed by atoms with E-state index in [0.717, 1.165) is 38.7 Å². The van der Waals surface area contributed by atoms with Gasteiger partial charge in [-0.1, -0.05) is 30.3 Å². The molecular formula is C32H33N7O. The highest BCUT2D eigenvalue weighted by Gasteiger charge is 2.21. The molecule has 0 aliphatic heterocycles. The normalized spacial score (nSPS) is 12.3. The SMILES string of the molecule is CN/C=C(\C=N)Nc1ncc2cc(-c3cc(C(C)NC(=O)c4cccc(C(C)(C)C#N)c4)ccc3C)ccc2n1. The topological polar surface area (TPSA) is 127 Å². The number of anilines is 1. The second-order valence-corrected chi connectivity index (χ2v) is 10.2. The van der Waals surface area contributed by atoms with Crippen molar-refractivity contribution in [2.45, 2.75) is 39.2 Å². The lowest BCUT2D eigenvalue weighted by Gasteiger charge is -2.19. The van der Waals surface area contributed by atoms with E-state index < -0.39 is 5.41 Å². The van der Waals surface area contributed by atoms with Gasteiger partial charge in [0.2, 0.25) is 5.95 Å². The average molecular weight is 532 g/mol. The van der Waals surface area contributed by atoms with E-state index >= 15 is 0 Å². The van der Waals surface area contributed by atoms with E-state index in [4.69, 9.17) is 5.41 Å². The smallest absolute Gasteiger partial charge is 0.251 e. The minimum atomic E-state index is -0.677. The highest BCUT2D eigenvalue weighted by atomic mass is 16.1. The standard InChI is InChI=1S/C32H33N7O/c1-20-9-10-22(21(2)37-30(40)24-7-6-8-26(14-24)32(3,4)19-34)15-28(20)23-11-12-29-25(13-23)17-36-31(39-29)38-27(16-33)18-35-5/h6-18,21,33,35H,1-5H3,(H,37,40)(H,36,38,39)/b27-18+,33-16?. The first kappa shape index (κ1) is 28.0. The highest BCUT2D eigenvalue weighted by Crippen LogP contribution is 2.30. The molecule has 4 aromatic rings. The third kappa shape index (κ3) is 6.16. The van der Waals surface area contributed by atoms with Crippen molar-refractivity contribution in [3.05, 3.63) is 101 Å². The fourth-order valence-corrected chi connectivity index (χ4v) is 4.36. The van der Waals surface area contributed by atoms with Crippen molar-refractivity contribution >= 4 is 29.0 Å². The first-order chi connectivity index (χ1) is 19.1. The van der Waals surface area contributed by atoms with Gasteiger partial charge >= 0.3 is 0 Å². The Morgan fingerprint density at radius 2 is 1.93 bits per heavy atom. The van der Waals surface area contributed by atoms with Crippen LogP contribution in [0.15, 0.2) is 78.8 Å². The number of aryl methyl sites for hydroxylation is 1. The fraction of sp³-hybridized carbons (Fsp3) is 0.219. The van der Waals surface area contributed by atoms with Crippen LogP contribution < -0.4 is 16.0 Å². The van der Waals surface area contributed by atoms with Crippen LogP contribution in [-0.2, 0) is 5.41 Å². The highest BCUT2D eigenvalue weighted by molar-refractivity contribution is 5.94.